The first-order valence-corrected chi connectivity index (χ1v) is 5.96. The molecule has 0 saturated carbocycles. The molecular weight excluding hydrogens is 160 g/mol. The van der Waals surface area contributed by atoms with E-state index in [0.29, 0.717) is 6.10 Å². The molecule has 1 atom stereocenters. The minimum Gasteiger partial charge on any atom is -0.378 e. The van der Waals surface area contributed by atoms with Crippen LogP contribution in [0.4, 0.5) is 0 Å². The van der Waals surface area contributed by atoms with Gasteiger partial charge < -0.3 is 4.74 Å². The molecular formula is C12H26O. The molecule has 0 aliphatic rings. The molecule has 1 nitrogen and oxygen atoms in total. The highest BCUT2D eigenvalue weighted by Gasteiger charge is 2.03. The van der Waals surface area contributed by atoms with Gasteiger partial charge in [0.15, 0.2) is 0 Å². The van der Waals surface area contributed by atoms with E-state index >= 15 is 0 Å². The number of hydrogen-bond donors (Lipinski definition) is 0. The molecule has 80 valence electrons. The van der Waals surface area contributed by atoms with E-state index in [2.05, 4.69) is 20.8 Å². The summed E-state index contributed by atoms with van der Waals surface area (Å²) in [7, 11) is 0. The average molecular weight is 186 g/mol. The summed E-state index contributed by atoms with van der Waals surface area (Å²) in [5, 5.41) is 0. The fourth-order valence-electron chi connectivity index (χ4n) is 1.51. The van der Waals surface area contributed by atoms with Gasteiger partial charge in [-0.05, 0) is 19.3 Å². The van der Waals surface area contributed by atoms with E-state index in [1.165, 1.54) is 44.9 Å². The molecule has 0 N–H and O–H groups in total. The third kappa shape index (κ3) is 8.29. The highest BCUT2D eigenvalue weighted by atomic mass is 16.5. The van der Waals surface area contributed by atoms with Gasteiger partial charge >= 0.3 is 0 Å². The fourth-order valence-corrected chi connectivity index (χ4v) is 1.51. The lowest BCUT2D eigenvalue weighted by Gasteiger charge is -2.14. The molecule has 0 aromatic carbocycles. The summed E-state index contributed by atoms with van der Waals surface area (Å²) in [5.74, 6) is 0. The molecule has 0 fully saturated rings. The minimum atomic E-state index is 0.520. The monoisotopic (exact) mass is 186 g/mol. The summed E-state index contributed by atoms with van der Waals surface area (Å²) < 4.78 is 5.78. The lowest BCUT2D eigenvalue weighted by atomic mass is 10.1. The lowest BCUT2D eigenvalue weighted by Crippen LogP contribution is -2.12. The summed E-state index contributed by atoms with van der Waals surface area (Å²) in [6.07, 6.45) is 9.40. The summed E-state index contributed by atoms with van der Waals surface area (Å²) >= 11 is 0. The zero-order valence-corrected chi connectivity index (χ0v) is 9.64. The van der Waals surface area contributed by atoms with Crippen molar-refractivity contribution in [2.24, 2.45) is 0 Å². The number of hydrogen-bond acceptors (Lipinski definition) is 1. The summed E-state index contributed by atoms with van der Waals surface area (Å²) in [6, 6.07) is 0. The molecule has 0 radical (unpaired) electrons. The number of rotatable bonds is 9. The van der Waals surface area contributed by atoms with Crippen LogP contribution in [0.1, 0.15) is 65.7 Å². The van der Waals surface area contributed by atoms with Crippen molar-refractivity contribution >= 4 is 0 Å². The standard InChI is InChI=1S/C12H26O/c1-4-7-8-9-11-13-12(6-3)10-5-2/h12H,4-11H2,1-3H3. The van der Waals surface area contributed by atoms with Gasteiger partial charge in [-0.3, -0.25) is 0 Å². The second-order valence-electron chi connectivity index (χ2n) is 3.75. The first kappa shape index (κ1) is 13.0. The normalized spacial score (nSPS) is 13.2. The third-order valence-electron chi connectivity index (χ3n) is 2.42. The highest BCUT2D eigenvalue weighted by Crippen LogP contribution is 2.08. The van der Waals surface area contributed by atoms with Gasteiger partial charge in [-0.25, -0.2) is 0 Å². The van der Waals surface area contributed by atoms with E-state index in [1.807, 2.05) is 0 Å². The molecule has 0 amide bonds. The Morgan fingerprint density at radius 2 is 1.69 bits per heavy atom. The van der Waals surface area contributed by atoms with Gasteiger partial charge in [0.2, 0.25) is 0 Å². The Kier molecular flexibility index (Phi) is 10.0. The largest absolute Gasteiger partial charge is 0.378 e. The number of ether oxygens (including phenoxy) is 1. The maximum Gasteiger partial charge on any atom is 0.0572 e. The lowest BCUT2D eigenvalue weighted by molar-refractivity contribution is 0.0420. The average Bonchev–Trinajstić information content (AvgIpc) is 2.16. The molecule has 0 aromatic heterocycles. The van der Waals surface area contributed by atoms with Crippen LogP contribution >= 0.6 is 0 Å². The Hall–Kier alpha value is -0.0400. The van der Waals surface area contributed by atoms with Crippen LogP contribution in [-0.4, -0.2) is 12.7 Å². The quantitative estimate of drug-likeness (QED) is 0.491. The number of unbranched alkanes of at least 4 members (excludes halogenated alkanes) is 3. The van der Waals surface area contributed by atoms with Gasteiger partial charge in [0.05, 0.1) is 6.10 Å². The first-order valence-electron chi connectivity index (χ1n) is 5.96. The molecule has 0 aromatic rings. The molecule has 1 heteroatoms. The van der Waals surface area contributed by atoms with E-state index in [-0.39, 0.29) is 0 Å². The molecule has 0 heterocycles. The Bertz CT molecular complexity index is 91.1. The van der Waals surface area contributed by atoms with E-state index in [4.69, 9.17) is 4.74 Å². The molecule has 13 heavy (non-hydrogen) atoms. The molecule has 1 unspecified atom stereocenters. The van der Waals surface area contributed by atoms with E-state index in [1.54, 1.807) is 0 Å². The smallest absolute Gasteiger partial charge is 0.0572 e. The highest BCUT2D eigenvalue weighted by molar-refractivity contribution is 4.53. The van der Waals surface area contributed by atoms with Crippen molar-refractivity contribution in [3.63, 3.8) is 0 Å². The van der Waals surface area contributed by atoms with E-state index < -0.39 is 0 Å². The Morgan fingerprint density at radius 3 is 2.23 bits per heavy atom. The Morgan fingerprint density at radius 1 is 0.923 bits per heavy atom. The van der Waals surface area contributed by atoms with Crippen LogP contribution in [-0.2, 0) is 4.74 Å². The Balaban J connectivity index is 3.17. The van der Waals surface area contributed by atoms with Gasteiger partial charge in [-0.1, -0.05) is 46.5 Å². The predicted octanol–water partition coefficient (Wildman–Crippen LogP) is 4.16. The van der Waals surface area contributed by atoms with Crippen molar-refractivity contribution in [2.75, 3.05) is 6.61 Å². The summed E-state index contributed by atoms with van der Waals surface area (Å²) in [4.78, 5) is 0. The van der Waals surface area contributed by atoms with Crippen LogP contribution in [0.25, 0.3) is 0 Å². The SMILES string of the molecule is CCCCCCOC(CC)CCC. The van der Waals surface area contributed by atoms with Crippen LogP contribution in [0.3, 0.4) is 0 Å². The van der Waals surface area contributed by atoms with Crippen molar-refractivity contribution in [1.29, 1.82) is 0 Å². The van der Waals surface area contributed by atoms with Crippen LogP contribution in [0.2, 0.25) is 0 Å². The minimum absolute atomic E-state index is 0.520. The zero-order chi connectivity index (χ0) is 9.94. The fraction of sp³-hybridized carbons (Fsp3) is 1.00. The van der Waals surface area contributed by atoms with E-state index in [0.717, 1.165) is 6.61 Å². The van der Waals surface area contributed by atoms with Crippen LogP contribution in [0.15, 0.2) is 0 Å². The molecule has 0 bridgehead atoms. The second-order valence-corrected chi connectivity index (χ2v) is 3.75. The maximum atomic E-state index is 5.78. The van der Waals surface area contributed by atoms with E-state index in [9.17, 15) is 0 Å². The van der Waals surface area contributed by atoms with Crippen molar-refractivity contribution in [1.82, 2.24) is 0 Å². The molecule has 0 aliphatic carbocycles. The van der Waals surface area contributed by atoms with Crippen LogP contribution in [0, 0.1) is 0 Å². The van der Waals surface area contributed by atoms with Crippen molar-refractivity contribution < 1.29 is 4.74 Å². The summed E-state index contributed by atoms with van der Waals surface area (Å²) in [5.41, 5.74) is 0. The predicted molar refractivity (Wildman–Crippen MR) is 59.1 cm³/mol. The third-order valence-corrected chi connectivity index (χ3v) is 2.42. The first-order chi connectivity index (χ1) is 6.35. The Labute approximate surface area is 83.9 Å². The van der Waals surface area contributed by atoms with Gasteiger partial charge in [0.1, 0.15) is 0 Å². The van der Waals surface area contributed by atoms with Gasteiger partial charge in [-0.2, -0.15) is 0 Å². The van der Waals surface area contributed by atoms with Gasteiger partial charge in [-0.15, -0.1) is 0 Å². The van der Waals surface area contributed by atoms with Crippen molar-refractivity contribution in [3.8, 4) is 0 Å². The van der Waals surface area contributed by atoms with Crippen LogP contribution in [0.5, 0.6) is 0 Å². The van der Waals surface area contributed by atoms with Gasteiger partial charge in [0.25, 0.3) is 0 Å². The second kappa shape index (κ2) is 10.0. The topological polar surface area (TPSA) is 9.23 Å². The van der Waals surface area contributed by atoms with Crippen molar-refractivity contribution in [2.45, 2.75) is 71.8 Å². The molecule has 0 rings (SSSR count). The summed E-state index contributed by atoms with van der Waals surface area (Å²) in [6.45, 7) is 7.65. The molecule has 0 saturated heterocycles. The zero-order valence-electron chi connectivity index (χ0n) is 9.64. The maximum absolute atomic E-state index is 5.78. The van der Waals surface area contributed by atoms with Gasteiger partial charge in [0, 0.05) is 6.61 Å². The molecule has 0 aliphatic heterocycles. The van der Waals surface area contributed by atoms with Crippen LogP contribution < -0.4 is 0 Å². The molecule has 0 spiro atoms. The van der Waals surface area contributed by atoms with Crippen molar-refractivity contribution in [3.05, 3.63) is 0 Å².